The van der Waals surface area contributed by atoms with Crippen molar-refractivity contribution in [3.63, 3.8) is 0 Å². The SMILES string of the molecule is O=C(O)CC1=CC(=O)CC1=O. The Kier molecular flexibility index (Phi) is 1.85. The minimum Gasteiger partial charge on any atom is -0.481 e. The van der Waals surface area contributed by atoms with Gasteiger partial charge in [-0.2, -0.15) is 0 Å². The average molecular weight is 154 g/mol. The largest absolute Gasteiger partial charge is 0.481 e. The van der Waals surface area contributed by atoms with E-state index in [4.69, 9.17) is 5.11 Å². The number of rotatable bonds is 2. The summed E-state index contributed by atoms with van der Waals surface area (Å²) in [7, 11) is 0. The van der Waals surface area contributed by atoms with Crippen molar-refractivity contribution in [2.24, 2.45) is 0 Å². The second-order valence-corrected chi connectivity index (χ2v) is 2.31. The molecule has 0 unspecified atom stereocenters. The van der Waals surface area contributed by atoms with Crippen molar-refractivity contribution in [1.29, 1.82) is 0 Å². The van der Waals surface area contributed by atoms with Crippen LogP contribution in [0, 0.1) is 0 Å². The first-order chi connectivity index (χ1) is 5.09. The number of carbonyl (C=O) groups is 3. The first-order valence-corrected chi connectivity index (χ1v) is 3.08. The monoisotopic (exact) mass is 154 g/mol. The Morgan fingerprint density at radius 3 is 2.55 bits per heavy atom. The highest BCUT2D eigenvalue weighted by molar-refractivity contribution is 6.20. The van der Waals surface area contributed by atoms with Crippen LogP contribution >= 0.6 is 0 Å². The van der Waals surface area contributed by atoms with E-state index in [1.54, 1.807) is 0 Å². The van der Waals surface area contributed by atoms with Crippen LogP contribution in [0.1, 0.15) is 12.8 Å². The molecule has 0 aromatic carbocycles. The summed E-state index contributed by atoms with van der Waals surface area (Å²) in [5, 5.41) is 8.27. The zero-order valence-electron chi connectivity index (χ0n) is 5.66. The fraction of sp³-hybridized carbons (Fsp3) is 0.286. The molecule has 0 aliphatic heterocycles. The van der Waals surface area contributed by atoms with Crippen LogP contribution in [-0.2, 0) is 14.4 Å². The molecule has 0 fully saturated rings. The molecule has 4 nitrogen and oxygen atoms in total. The zero-order valence-corrected chi connectivity index (χ0v) is 5.66. The Hall–Kier alpha value is -1.45. The number of carboxylic acids is 1. The van der Waals surface area contributed by atoms with E-state index in [1.165, 1.54) is 0 Å². The van der Waals surface area contributed by atoms with Gasteiger partial charge in [-0.15, -0.1) is 0 Å². The van der Waals surface area contributed by atoms with Gasteiger partial charge in [0.2, 0.25) is 0 Å². The second kappa shape index (κ2) is 2.65. The summed E-state index contributed by atoms with van der Waals surface area (Å²) < 4.78 is 0. The molecule has 11 heavy (non-hydrogen) atoms. The third-order valence-corrected chi connectivity index (χ3v) is 1.37. The highest BCUT2D eigenvalue weighted by atomic mass is 16.4. The van der Waals surface area contributed by atoms with E-state index in [0.717, 1.165) is 6.08 Å². The quantitative estimate of drug-likeness (QED) is 0.565. The molecular formula is C7H6O4. The highest BCUT2D eigenvalue weighted by Crippen LogP contribution is 2.13. The van der Waals surface area contributed by atoms with Gasteiger partial charge in [0.25, 0.3) is 0 Å². The van der Waals surface area contributed by atoms with Crippen LogP contribution in [0.2, 0.25) is 0 Å². The van der Waals surface area contributed by atoms with E-state index >= 15 is 0 Å². The first kappa shape index (κ1) is 7.65. The molecule has 0 spiro atoms. The van der Waals surface area contributed by atoms with Crippen LogP contribution in [0.4, 0.5) is 0 Å². The minimum atomic E-state index is -1.08. The molecule has 0 amide bonds. The molecule has 0 aromatic rings. The molecule has 1 aliphatic carbocycles. The van der Waals surface area contributed by atoms with Crippen LogP contribution in [0.15, 0.2) is 11.6 Å². The maximum absolute atomic E-state index is 10.8. The lowest BCUT2D eigenvalue weighted by Gasteiger charge is -1.91. The molecular weight excluding hydrogens is 148 g/mol. The van der Waals surface area contributed by atoms with Crippen LogP contribution < -0.4 is 0 Å². The number of carbonyl (C=O) groups excluding carboxylic acids is 2. The van der Waals surface area contributed by atoms with Gasteiger partial charge >= 0.3 is 5.97 Å². The molecule has 58 valence electrons. The molecule has 0 atom stereocenters. The van der Waals surface area contributed by atoms with Gasteiger partial charge < -0.3 is 5.11 Å². The van der Waals surface area contributed by atoms with Crippen molar-refractivity contribution in [2.45, 2.75) is 12.8 Å². The van der Waals surface area contributed by atoms with E-state index in [2.05, 4.69) is 0 Å². The lowest BCUT2D eigenvalue weighted by Crippen LogP contribution is -2.03. The first-order valence-electron chi connectivity index (χ1n) is 3.08. The van der Waals surface area contributed by atoms with E-state index in [-0.39, 0.29) is 30.0 Å². The van der Waals surface area contributed by atoms with Gasteiger partial charge in [-0.1, -0.05) is 0 Å². The standard InChI is InChI=1S/C7H6O4/c8-5-1-4(2-7(10)11)6(9)3-5/h1H,2-3H2,(H,10,11). The molecule has 4 heteroatoms. The molecule has 0 aromatic heterocycles. The molecule has 0 saturated heterocycles. The van der Waals surface area contributed by atoms with E-state index in [1.807, 2.05) is 0 Å². The summed E-state index contributed by atoms with van der Waals surface area (Å²) in [5.74, 6) is -1.75. The number of aliphatic carboxylic acids is 1. The van der Waals surface area contributed by atoms with Gasteiger partial charge in [-0.25, -0.2) is 0 Å². The molecule has 0 saturated carbocycles. The summed E-state index contributed by atoms with van der Waals surface area (Å²) in [4.78, 5) is 31.4. The summed E-state index contributed by atoms with van der Waals surface area (Å²) in [6.45, 7) is 0. The highest BCUT2D eigenvalue weighted by Gasteiger charge is 2.22. The summed E-state index contributed by atoms with van der Waals surface area (Å²) in [5.41, 5.74) is 0.113. The van der Waals surface area contributed by atoms with Gasteiger partial charge in [0, 0.05) is 5.57 Å². The van der Waals surface area contributed by atoms with Crippen LogP contribution in [0.25, 0.3) is 0 Å². The Morgan fingerprint density at radius 1 is 1.55 bits per heavy atom. The maximum atomic E-state index is 10.8. The van der Waals surface area contributed by atoms with Crippen molar-refractivity contribution in [1.82, 2.24) is 0 Å². The molecule has 0 heterocycles. The number of hydrogen-bond donors (Lipinski definition) is 1. The Morgan fingerprint density at radius 2 is 2.18 bits per heavy atom. The minimum absolute atomic E-state index is 0.113. The Balaban J connectivity index is 2.72. The van der Waals surface area contributed by atoms with Crippen LogP contribution in [-0.4, -0.2) is 22.6 Å². The van der Waals surface area contributed by atoms with E-state index < -0.39 is 5.97 Å². The van der Waals surface area contributed by atoms with Gasteiger partial charge in [0.15, 0.2) is 11.6 Å². The van der Waals surface area contributed by atoms with Crippen molar-refractivity contribution < 1.29 is 19.5 Å². The van der Waals surface area contributed by atoms with Crippen LogP contribution in [0.5, 0.6) is 0 Å². The molecule has 0 bridgehead atoms. The number of ketones is 2. The number of allylic oxidation sites excluding steroid dienone is 1. The fourth-order valence-electron chi connectivity index (χ4n) is 0.910. The number of Topliss-reactive ketones (excluding diaryl/α,β-unsaturated/α-hetero) is 1. The second-order valence-electron chi connectivity index (χ2n) is 2.31. The van der Waals surface area contributed by atoms with Crippen LogP contribution in [0.3, 0.4) is 0 Å². The molecule has 1 aliphatic rings. The number of hydrogen-bond acceptors (Lipinski definition) is 3. The normalized spacial score (nSPS) is 16.9. The molecule has 1 N–H and O–H groups in total. The predicted octanol–water partition coefficient (Wildman–Crippen LogP) is -0.0706. The lowest BCUT2D eigenvalue weighted by molar-refractivity contribution is -0.137. The molecule has 1 rings (SSSR count). The summed E-state index contributed by atoms with van der Waals surface area (Å²) in [6.07, 6.45) is 0.601. The topological polar surface area (TPSA) is 71.4 Å². The summed E-state index contributed by atoms with van der Waals surface area (Å²) >= 11 is 0. The summed E-state index contributed by atoms with van der Waals surface area (Å²) in [6, 6.07) is 0. The number of carboxylic acid groups (broad SMARTS) is 1. The van der Waals surface area contributed by atoms with E-state index in [9.17, 15) is 14.4 Å². The third kappa shape index (κ3) is 1.73. The lowest BCUT2D eigenvalue weighted by atomic mass is 10.1. The van der Waals surface area contributed by atoms with Crippen molar-refractivity contribution in [3.05, 3.63) is 11.6 Å². The smallest absolute Gasteiger partial charge is 0.307 e. The Bertz CT molecular complexity index is 262. The van der Waals surface area contributed by atoms with Crippen molar-refractivity contribution in [3.8, 4) is 0 Å². The zero-order chi connectivity index (χ0) is 8.43. The predicted molar refractivity (Wildman–Crippen MR) is 35.0 cm³/mol. The van der Waals surface area contributed by atoms with Gasteiger partial charge in [-0.05, 0) is 6.08 Å². The Labute approximate surface area is 62.5 Å². The maximum Gasteiger partial charge on any atom is 0.307 e. The van der Waals surface area contributed by atoms with Gasteiger partial charge in [0.1, 0.15) is 0 Å². The molecule has 0 radical (unpaired) electrons. The fourth-order valence-corrected chi connectivity index (χ4v) is 0.910. The van der Waals surface area contributed by atoms with Crippen molar-refractivity contribution in [2.75, 3.05) is 0 Å². The average Bonchev–Trinajstić information content (AvgIpc) is 2.09. The third-order valence-electron chi connectivity index (χ3n) is 1.37. The van der Waals surface area contributed by atoms with Gasteiger partial charge in [-0.3, -0.25) is 14.4 Å². The van der Waals surface area contributed by atoms with Crippen molar-refractivity contribution >= 4 is 17.5 Å². The van der Waals surface area contributed by atoms with E-state index in [0.29, 0.717) is 0 Å². The van der Waals surface area contributed by atoms with Gasteiger partial charge in [0.05, 0.1) is 12.8 Å².